The van der Waals surface area contributed by atoms with E-state index in [1.54, 1.807) is 12.1 Å². The quantitative estimate of drug-likeness (QED) is 0.569. The zero-order valence-corrected chi connectivity index (χ0v) is 11.3. The molecule has 0 aliphatic carbocycles. The van der Waals surface area contributed by atoms with Gasteiger partial charge >= 0.3 is 0 Å². The van der Waals surface area contributed by atoms with Gasteiger partial charge in [0, 0.05) is 28.2 Å². The summed E-state index contributed by atoms with van der Waals surface area (Å²) in [6.45, 7) is 1.95. The molecule has 3 aromatic rings. The number of aryl methyl sites for hydroxylation is 1. The molecule has 0 fully saturated rings. The molecule has 0 aliphatic rings. The first-order valence-corrected chi connectivity index (χ1v) is 6.38. The molecule has 0 saturated carbocycles. The fourth-order valence-electron chi connectivity index (χ4n) is 2.59. The second kappa shape index (κ2) is 4.76. The third kappa shape index (κ3) is 2.03. The fourth-order valence-corrected chi connectivity index (χ4v) is 2.59. The largest absolute Gasteiger partial charge is 0.358 e. The Labute approximate surface area is 120 Å². The van der Waals surface area contributed by atoms with Crippen molar-refractivity contribution < 1.29 is 4.92 Å². The molecule has 0 bridgehead atoms. The van der Waals surface area contributed by atoms with Crippen molar-refractivity contribution in [3.8, 4) is 17.2 Å². The first-order chi connectivity index (χ1) is 10.1. The number of hydrogen-bond acceptors (Lipinski definition) is 3. The van der Waals surface area contributed by atoms with Crippen LogP contribution < -0.4 is 0 Å². The van der Waals surface area contributed by atoms with Crippen LogP contribution in [0.4, 0.5) is 5.69 Å². The molecule has 0 aliphatic heterocycles. The Bertz CT molecular complexity index is 904. The van der Waals surface area contributed by atoms with E-state index in [-0.39, 0.29) is 11.3 Å². The van der Waals surface area contributed by atoms with Crippen molar-refractivity contribution in [2.45, 2.75) is 6.92 Å². The number of aromatic nitrogens is 1. The smallest absolute Gasteiger partial charge is 0.287 e. The van der Waals surface area contributed by atoms with Gasteiger partial charge in [-0.15, -0.1) is 0 Å². The van der Waals surface area contributed by atoms with Crippen molar-refractivity contribution in [1.29, 1.82) is 5.26 Å². The summed E-state index contributed by atoms with van der Waals surface area (Å²) in [5, 5.41) is 21.1. The maximum atomic E-state index is 10.9. The van der Waals surface area contributed by atoms with Crippen LogP contribution in [0.25, 0.3) is 22.0 Å². The number of nitrogens with one attached hydrogen (secondary N) is 1. The van der Waals surface area contributed by atoms with Crippen molar-refractivity contribution in [2.24, 2.45) is 0 Å². The van der Waals surface area contributed by atoms with Crippen molar-refractivity contribution >= 4 is 16.6 Å². The molecule has 102 valence electrons. The summed E-state index contributed by atoms with van der Waals surface area (Å²) in [6.07, 6.45) is 0. The normalized spacial score (nSPS) is 10.5. The molecule has 1 N–H and O–H groups in total. The zero-order chi connectivity index (χ0) is 15.0. The molecule has 1 aromatic heterocycles. The van der Waals surface area contributed by atoms with E-state index < -0.39 is 4.92 Å². The number of nitrogens with zero attached hydrogens (tertiary/aromatic N) is 2. The van der Waals surface area contributed by atoms with E-state index in [1.807, 2.05) is 37.3 Å². The number of aromatic amines is 1. The van der Waals surface area contributed by atoms with Gasteiger partial charge in [0.1, 0.15) is 11.6 Å². The van der Waals surface area contributed by atoms with Gasteiger partial charge in [-0.2, -0.15) is 5.26 Å². The zero-order valence-electron chi connectivity index (χ0n) is 11.3. The van der Waals surface area contributed by atoms with Crippen molar-refractivity contribution in [1.82, 2.24) is 4.98 Å². The third-order valence-electron chi connectivity index (χ3n) is 3.50. The Morgan fingerprint density at radius 1 is 1.24 bits per heavy atom. The predicted octanol–water partition coefficient (Wildman–Crippen LogP) is 3.92. The molecule has 3 rings (SSSR count). The summed E-state index contributed by atoms with van der Waals surface area (Å²) >= 11 is 0. The van der Waals surface area contributed by atoms with Crippen LogP contribution >= 0.6 is 0 Å². The maximum Gasteiger partial charge on any atom is 0.287 e. The Balaban J connectivity index is 2.27. The van der Waals surface area contributed by atoms with Crippen LogP contribution in [0.2, 0.25) is 0 Å². The molecule has 0 saturated heterocycles. The second-order valence-corrected chi connectivity index (χ2v) is 4.77. The SMILES string of the molecule is Cc1[nH]c2ccccc2c1-c1ccc([N+](=O)[O-])c(C#N)c1. The van der Waals surface area contributed by atoms with E-state index in [9.17, 15) is 10.1 Å². The number of nitro groups is 1. The van der Waals surface area contributed by atoms with Gasteiger partial charge in [0.05, 0.1) is 4.92 Å². The van der Waals surface area contributed by atoms with Gasteiger partial charge < -0.3 is 4.98 Å². The highest BCUT2D eigenvalue weighted by Crippen LogP contribution is 2.34. The van der Waals surface area contributed by atoms with Crippen molar-refractivity contribution in [3.05, 3.63) is 63.8 Å². The predicted molar refractivity (Wildman–Crippen MR) is 79.8 cm³/mol. The number of H-pyrrole nitrogens is 1. The topological polar surface area (TPSA) is 82.7 Å². The first-order valence-electron chi connectivity index (χ1n) is 6.38. The molecule has 21 heavy (non-hydrogen) atoms. The molecular formula is C16H11N3O2. The monoisotopic (exact) mass is 277 g/mol. The van der Waals surface area contributed by atoms with Gasteiger partial charge in [-0.05, 0) is 30.7 Å². The van der Waals surface area contributed by atoms with Crippen LogP contribution in [0.15, 0.2) is 42.5 Å². The van der Waals surface area contributed by atoms with Gasteiger partial charge in [0.15, 0.2) is 0 Å². The van der Waals surface area contributed by atoms with Gasteiger partial charge in [-0.1, -0.05) is 18.2 Å². The molecule has 0 amide bonds. The highest BCUT2D eigenvalue weighted by atomic mass is 16.6. The summed E-state index contributed by atoms with van der Waals surface area (Å²) in [6, 6.07) is 14.4. The highest BCUT2D eigenvalue weighted by Gasteiger charge is 2.17. The number of rotatable bonds is 2. The summed E-state index contributed by atoms with van der Waals surface area (Å²) in [5.41, 5.74) is 3.64. The lowest BCUT2D eigenvalue weighted by Gasteiger charge is -2.03. The van der Waals surface area contributed by atoms with Gasteiger partial charge in [0.25, 0.3) is 5.69 Å². The minimum Gasteiger partial charge on any atom is -0.358 e. The van der Waals surface area contributed by atoms with Crippen LogP contribution in [0.1, 0.15) is 11.3 Å². The standard InChI is InChI=1S/C16H11N3O2/c1-10-16(13-4-2-3-5-14(13)18-10)11-6-7-15(19(20)21)12(8-11)9-17/h2-8,18H,1H3. The Kier molecular flexibility index (Phi) is 2.92. The molecule has 2 aromatic carbocycles. The summed E-state index contributed by atoms with van der Waals surface area (Å²) in [5.74, 6) is 0. The van der Waals surface area contributed by atoms with Gasteiger partial charge in [-0.3, -0.25) is 10.1 Å². The van der Waals surface area contributed by atoms with Crippen molar-refractivity contribution in [3.63, 3.8) is 0 Å². The molecule has 0 atom stereocenters. The lowest BCUT2D eigenvalue weighted by atomic mass is 9.99. The van der Waals surface area contributed by atoms with Crippen LogP contribution in [-0.4, -0.2) is 9.91 Å². The van der Waals surface area contributed by atoms with Crippen LogP contribution in [-0.2, 0) is 0 Å². The van der Waals surface area contributed by atoms with Crippen LogP contribution in [0.5, 0.6) is 0 Å². The number of para-hydroxylation sites is 1. The molecule has 0 unspecified atom stereocenters. The Morgan fingerprint density at radius 3 is 2.71 bits per heavy atom. The Hall–Kier alpha value is -3.13. The van der Waals surface area contributed by atoms with E-state index in [2.05, 4.69) is 4.98 Å². The number of nitriles is 1. The van der Waals surface area contributed by atoms with E-state index in [0.29, 0.717) is 0 Å². The van der Waals surface area contributed by atoms with Crippen molar-refractivity contribution in [2.75, 3.05) is 0 Å². The van der Waals surface area contributed by atoms with E-state index >= 15 is 0 Å². The van der Waals surface area contributed by atoms with E-state index in [0.717, 1.165) is 27.7 Å². The van der Waals surface area contributed by atoms with Crippen LogP contribution in [0.3, 0.4) is 0 Å². The van der Waals surface area contributed by atoms with Gasteiger partial charge in [-0.25, -0.2) is 0 Å². The van der Waals surface area contributed by atoms with E-state index in [1.165, 1.54) is 6.07 Å². The molecule has 0 spiro atoms. The number of benzene rings is 2. The average Bonchev–Trinajstić information content (AvgIpc) is 2.82. The summed E-state index contributed by atoms with van der Waals surface area (Å²) in [7, 11) is 0. The molecule has 0 radical (unpaired) electrons. The molecule has 5 heteroatoms. The first kappa shape index (κ1) is 12.9. The lowest BCUT2D eigenvalue weighted by Crippen LogP contribution is -1.93. The molecule has 5 nitrogen and oxygen atoms in total. The summed E-state index contributed by atoms with van der Waals surface area (Å²) < 4.78 is 0. The second-order valence-electron chi connectivity index (χ2n) is 4.77. The van der Waals surface area contributed by atoms with E-state index in [4.69, 9.17) is 5.26 Å². The minimum atomic E-state index is -0.537. The fraction of sp³-hybridized carbons (Fsp3) is 0.0625. The molecular weight excluding hydrogens is 266 g/mol. The third-order valence-corrected chi connectivity index (χ3v) is 3.50. The average molecular weight is 277 g/mol. The lowest BCUT2D eigenvalue weighted by molar-refractivity contribution is -0.385. The minimum absolute atomic E-state index is 0.0715. The number of hydrogen-bond donors (Lipinski definition) is 1. The molecule has 1 heterocycles. The Morgan fingerprint density at radius 2 is 2.00 bits per heavy atom. The van der Waals surface area contributed by atoms with Crippen LogP contribution in [0, 0.1) is 28.4 Å². The maximum absolute atomic E-state index is 10.9. The van der Waals surface area contributed by atoms with Gasteiger partial charge in [0.2, 0.25) is 0 Å². The number of fused-ring (bicyclic) bond motifs is 1. The number of nitro benzene ring substituents is 1. The summed E-state index contributed by atoms with van der Waals surface area (Å²) in [4.78, 5) is 13.7. The highest BCUT2D eigenvalue weighted by molar-refractivity contribution is 5.97.